The van der Waals surface area contributed by atoms with Gasteiger partial charge in [-0.2, -0.15) is 9.98 Å². The molecule has 11 heteroatoms. The Labute approximate surface area is 235 Å². The van der Waals surface area contributed by atoms with Crippen molar-refractivity contribution in [2.75, 3.05) is 13.4 Å². The maximum atomic E-state index is 16.3. The number of methoxy groups -OCH3 is 1. The summed E-state index contributed by atoms with van der Waals surface area (Å²) < 4.78 is 32.6. The predicted molar refractivity (Wildman–Crippen MR) is 158 cm³/mol. The van der Waals surface area contributed by atoms with Crippen LogP contribution < -0.4 is 0 Å². The fourth-order valence-corrected chi connectivity index (χ4v) is 5.16. The van der Waals surface area contributed by atoms with Gasteiger partial charge in [0.25, 0.3) is 8.32 Å². The van der Waals surface area contributed by atoms with Crippen molar-refractivity contribution in [1.82, 2.24) is 10.1 Å². The summed E-state index contributed by atoms with van der Waals surface area (Å²) in [6.07, 6.45) is 4.05. The van der Waals surface area contributed by atoms with Gasteiger partial charge in [-0.15, -0.1) is 11.8 Å². The van der Waals surface area contributed by atoms with Crippen LogP contribution in [0, 0.1) is 12.8 Å². The average Bonchev–Trinajstić information content (AvgIpc) is 3.33. The summed E-state index contributed by atoms with van der Waals surface area (Å²) >= 11 is 1.20. The van der Waals surface area contributed by atoms with Crippen molar-refractivity contribution in [1.29, 1.82) is 0 Å². The van der Waals surface area contributed by atoms with Crippen molar-refractivity contribution in [2.24, 2.45) is 15.9 Å². The number of ether oxygens (including phenoxy) is 1. The minimum Gasteiger partial charge on any atom is -0.542 e. The number of hydrogen-bond acceptors (Lipinski definition) is 8. The Bertz CT molecular complexity index is 1320. The average molecular weight is 573 g/mol. The highest BCUT2D eigenvalue weighted by atomic mass is 32.2. The normalized spacial score (nSPS) is 17.3. The fourth-order valence-electron chi connectivity index (χ4n) is 3.62. The summed E-state index contributed by atoms with van der Waals surface area (Å²) in [6, 6.07) is 7.17. The molecule has 1 aliphatic carbocycles. The van der Waals surface area contributed by atoms with Crippen molar-refractivity contribution >= 4 is 42.6 Å². The summed E-state index contributed by atoms with van der Waals surface area (Å²) in [4.78, 5) is 25.3. The van der Waals surface area contributed by atoms with Crippen LogP contribution in [0.15, 0.2) is 62.0 Å². The third kappa shape index (κ3) is 7.33. The van der Waals surface area contributed by atoms with E-state index in [0.29, 0.717) is 29.4 Å². The van der Waals surface area contributed by atoms with E-state index in [9.17, 15) is 4.79 Å². The number of aliphatic imine (C=N–C) groups is 2. The molecule has 1 aliphatic rings. The van der Waals surface area contributed by atoms with Gasteiger partial charge < -0.3 is 13.7 Å². The predicted octanol–water partition coefficient (Wildman–Crippen LogP) is 8.20. The molecule has 1 unspecified atom stereocenters. The topological polar surface area (TPSA) is 99.2 Å². The summed E-state index contributed by atoms with van der Waals surface area (Å²) in [5.41, 5.74) is 1.93. The zero-order valence-corrected chi connectivity index (χ0v) is 25.9. The molecule has 0 saturated carbocycles. The molecule has 8 nitrogen and oxygen atoms in total. The molecule has 0 bridgehead atoms. The second kappa shape index (κ2) is 12.4. The van der Waals surface area contributed by atoms with E-state index in [0.717, 1.165) is 12.0 Å². The Kier molecular flexibility index (Phi) is 9.71. The molecule has 0 fully saturated rings. The number of nitrogens with zero attached hydrogens (tertiary/aromatic N) is 4. The lowest BCUT2D eigenvalue weighted by atomic mass is 9.88. The van der Waals surface area contributed by atoms with E-state index in [1.54, 1.807) is 25.3 Å². The lowest BCUT2D eigenvalue weighted by Gasteiger charge is -2.38. The minimum absolute atomic E-state index is 0.0366. The maximum Gasteiger partial charge on any atom is 0.434 e. The molecule has 1 aromatic heterocycles. The van der Waals surface area contributed by atoms with Gasteiger partial charge >= 0.3 is 6.09 Å². The third-order valence-electron chi connectivity index (χ3n) is 6.97. The number of halogens is 1. The molecule has 1 atom stereocenters. The van der Waals surface area contributed by atoms with E-state index in [1.165, 1.54) is 18.9 Å². The molecule has 0 spiro atoms. The largest absolute Gasteiger partial charge is 0.542 e. The van der Waals surface area contributed by atoms with Crippen LogP contribution in [0.25, 0.3) is 11.4 Å². The van der Waals surface area contributed by atoms with Crippen LogP contribution in [0.3, 0.4) is 0 Å². The van der Waals surface area contributed by atoms with Crippen LogP contribution in [-0.4, -0.2) is 48.7 Å². The van der Waals surface area contributed by atoms with Crippen LogP contribution >= 0.6 is 11.8 Å². The van der Waals surface area contributed by atoms with Crippen molar-refractivity contribution < 1.29 is 22.9 Å². The second-order valence-electron chi connectivity index (χ2n) is 10.8. The molecule has 1 amide bonds. The molecule has 0 radical (unpaired) electrons. The third-order valence-corrected chi connectivity index (χ3v) is 12.0. The number of benzene rings is 1. The summed E-state index contributed by atoms with van der Waals surface area (Å²) in [6.45, 7) is 14.3. The van der Waals surface area contributed by atoms with Crippen LogP contribution in [-0.2, 0) is 9.16 Å². The smallest absolute Gasteiger partial charge is 0.434 e. The zero-order chi connectivity index (χ0) is 29.0. The summed E-state index contributed by atoms with van der Waals surface area (Å²) in [5, 5.41) is 4.09. The molecule has 39 heavy (non-hydrogen) atoms. The molecule has 1 heterocycles. The van der Waals surface area contributed by atoms with E-state index in [1.807, 2.05) is 18.2 Å². The first kappa shape index (κ1) is 30.5. The zero-order valence-electron chi connectivity index (χ0n) is 24.1. The number of amides is 1. The van der Waals surface area contributed by atoms with Crippen molar-refractivity contribution in [2.45, 2.75) is 65.6 Å². The number of allylic oxidation sites excluding steroid dienone is 3. The van der Waals surface area contributed by atoms with E-state index in [2.05, 4.69) is 55.9 Å². The van der Waals surface area contributed by atoms with Crippen LogP contribution in [0.5, 0.6) is 0 Å². The van der Waals surface area contributed by atoms with Gasteiger partial charge in [0.1, 0.15) is 16.5 Å². The molecule has 0 N–H and O–H groups in total. The van der Waals surface area contributed by atoms with Gasteiger partial charge in [0.2, 0.25) is 11.7 Å². The SMILES string of the molecule is CCC1C=C(O[Si](C)(C)C(C)(C)C)C(F)=C(C(=Nc2ccc(-c3noc(C)n3)cc2)/C(=N/C(=O)OC)SC)C1. The number of hydrogen-bond donors (Lipinski definition) is 0. The first-order valence-corrected chi connectivity index (χ1v) is 16.9. The molecule has 2 aromatic rings. The van der Waals surface area contributed by atoms with Gasteiger partial charge in [0.05, 0.1) is 12.8 Å². The molecule has 3 rings (SSSR count). The highest BCUT2D eigenvalue weighted by molar-refractivity contribution is 8.15. The van der Waals surface area contributed by atoms with Gasteiger partial charge in [-0.25, -0.2) is 14.2 Å². The maximum absolute atomic E-state index is 16.3. The molecular formula is C28H37FN4O4SSi. The Morgan fingerprint density at radius 2 is 1.92 bits per heavy atom. The summed E-state index contributed by atoms with van der Waals surface area (Å²) in [7, 11) is -1.08. The Morgan fingerprint density at radius 3 is 2.44 bits per heavy atom. The molecule has 0 aliphatic heterocycles. The van der Waals surface area contributed by atoms with Gasteiger partial charge in [-0.1, -0.05) is 32.9 Å². The van der Waals surface area contributed by atoms with Gasteiger partial charge in [-0.3, -0.25) is 0 Å². The van der Waals surface area contributed by atoms with E-state index in [4.69, 9.17) is 18.7 Å². The number of thioether (sulfide) groups is 1. The number of carbonyl (C=O) groups is 1. The van der Waals surface area contributed by atoms with E-state index >= 15 is 4.39 Å². The molecule has 1 aromatic carbocycles. The Morgan fingerprint density at radius 1 is 1.26 bits per heavy atom. The Balaban J connectivity index is 2.15. The number of aryl methyl sites for hydroxylation is 1. The number of aromatic nitrogens is 2. The number of rotatable bonds is 7. The quantitative estimate of drug-likeness (QED) is 0.187. The molecular weight excluding hydrogens is 535 g/mol. The van der Waals surface area contributed by atoms with Crippen molar-refractivity contribution in [3.8, 4) is 11.4 Å². The van der Waals surface area contributed by atoms with Gasteiger partial charge in [0.15, 0.2) is 5.83 Å². The first-order valence-electron chi connectivity index (χ1n) is 12.8. The highest BCUT2D eigenvalue weighted by Crippen LogP contribution is 2.42. The van der Waals surface area contributed by atoms with Gasteiger partial charge in [-0.05, 0) is 73.5 Å². The van der Waals surface area contributed by atoms with Gasteiger partial charge in [0, 0.05) is 18.1 Å². The summed E-state index contributed by atoms with van der Waals surface area (Å²) in [5.74, 6) is 0.726. The lowest BCUT2D eigenvalue weighted by molar-refractivity contribution is 0.183. The lowest BCUT2D eigenvalue weighted by Crippen LogP contribution is -2.41. The Hall–Kier alpha value is -3.05. The monoisotopic (exact) mass is 572 g/mol. The van der Waals surface area contributed by atoms with Crippen LogP contribution in [0.1, 0.15) is 46.4 Å². The van der Waals surface area contributed by atoms with Crippen LogP contribution in [0.2, 0.25) is 18.1 Å². The standard InChI is InChI=1S/C28H37FN4O4SSi/c1-10-18-15-21(23(29)22(16-18)37-39(8,9)28(3,4)5)24(26(38-7)32-27(34)35-6)31-20-13-11-19(12-14-20)25-30-17(2)36-33-25/h11-14,16,18H,10,15H2,1-9H3/b31-24?,32-26-. The van der Waals surface area contributed by atoms with E-state index in [-0.39, 0.29) is 27.5 Å². The number of carbonyl (C=O) groups excluding carboxylic acids is 1. The van der Waals surface area contributed by atoms with Crippen molar-refractivity contribution in [3.05, 3.63) is 53.4 Å². The van der Waals surface area contributed by atoms with E-state index < -0.39 is 20.2 Å². The molecule has 210 valence electrons. The molecule has 0 saturated heterocycles. The highest BCUT2D eigenvalue weighted by Gasteiger charge is 2.41. The minimum atomic E-state index is -2.33. The van der Waals surface area contributed by atoms with Crippen LogP contribution in [0.4, 0.5) is 14.9 Å². The second-order valence-corrected chi connectivity index (χ2v) is 16.3. The fraction of sp³-hybridized carbons (Fsp3) is 0.464. The first-order chi connectivity index (χ1) is 18.3. The van der Waals surface area contributed by atoms with Crippen molar-refractivity contribution in [3.63, 3.8) is 0 Å².